The Labute approximate surface area is 293 Å². The summed E-state index contributed by atoms with van der Waals surface area (Å²) < 4.78 is 11.8. The number of nitrogens with zero attached hydrogens (tertiary/aromatic N) is 3. The van der Waals surface area contributed by atoms with Crippen molar-refractivity contribution < 1.29 is 73.3 Å². The Morgan fingerprint density at radius 1 is 1.09 bits per heavy atom. The third-order valence-electron chi connectivity index (χ3n) is 10.0. The normalized spacial score (nSPS) is 25.4. The van der Waals surface area contributed by atoms with Crippen molar-refractivity contribution in [2.45, 2.75) is 90.1 Å². The van der Waals surface area contributed by atoms with Crippen molar-refractivity contribution in [3.05, 3.63) is 45.0 Å². The van der Waals surface area contributed by atoms with Gasteiger partial charge in [0.15, 0.2) is 11.5 Å². The molecule has 4 heterocycles. The molecule has 4 N–H and O–H groups in total. The number of rotatable bonds is 5. The van der Waals surface area contributed by atoms with Crippen LogP contribution >= 0.6 is 0 Å². The summed E-state index contributed by atoms with van der Waals surface area (Å²) in [6.07, 6.45) is 1.25. The van der Waals surface area contributed by atoms with E-state index in [-0.39, 0.29) is 105 Å². The van der Waals surface area contributed by atoms with Gasteiger partial charge in [-0.2, -0.15) is 5.26 Å². The third kappa shape index (κ3) is 4.95. The predicted octanol–water partition coefficient (Wildman–Crippen LogP) is 2.55. The molecule has 1 saturated heterocycles. The number of nitrogens with one attached hydrogen (secondary N) is 2. The Hall–Kier alpha value is -2.57. The fraction of sp³-hybridized carbons (Fsp3) is 0.531. The molecular weight excluding hydrogens is 777 g/mol. The van der Waals surface area contributed by atoms with Gasteiger partial charge in [-0.05, 0) is 64.3 Å². The Bertz CT molecular complexity index is 1570. The SMILES string of the molecule is CCC(=O)N[C@@H](C)C(=O)NC[C@H]1c2c(c(O)c(C)c3c2OCO3)CC2[C@H]3c4c(cc(C)c(C)c4O)C[C@@H]([C@H](C#N)N21)N3C.[Ac]. The van der Waals surface area contributed by atoms with Gasteiger partial charge in [0.2, 0.25) is 18.6 Å². The molecule has 4 aliphatic heterocycles. The summed E-state index contributed by atoms with van der Waals surface area (Å²) in [6, 6.07) is 2.09. The van der Waals surface area contributed by atoms with Crippen LogP contribution in [0, 0.1) is 76.2 Å². The third-order valence-corrected chi connectivity index (χ3v) is 10.0. The first kappa shape index (κ1) is 32.8. The molecule has 0 saturated carbocycles. The molecule has 1 radical (unpaired) electrons. The maximum atomic E-state index is 13.2. The van der Waals surface area contributed by atoms with Crippen molar-refractivity contribution in [1.82, 2.24) is 20.4 Å². The number of carbonyl (C=O) groups excluding carboxylic acids is 2. The maximum absolute atomic E-state index is 13.2. The number of aromatic hydroxyl groups is 2. The minimum absolute atomic E-state index is 0. The van der Waals surface area contributed by atoms with Crippen LogP contribution in [0.2, 0.25) is 0 Å². The van der Waals surface area contributed by atoms with Crippen LogP contribution in [-0.2, 0) is 22.4 Å². The van der Waals surface area contributed by atoms with Gasteiger partial charge >= 0.3 is 0 Å². The molecule has 4 aliphatic rings. The fourth-order valence-corrected chi connectivity index (χ4v) is 7.67. The summed E-state index contributed by atoms with van der Waals surface area (Å²) in [5, 5.41) is 39.4. The van der Waals surface area contributed by atoms with E-state index in [1.807, 2.05) is 20.9 Å². The number of nitriles is 1. The molecule has 12 heteroatoms. The van der Waals surface area contributed by atoms with Crippen molar-refractivity contribution in [2.24, 2.45) is 0 Å². The molecule has 6 rings (SSSR count). The van der Waals surface area contributed by atoms with Gasteiger partial charge < -0.3 is 30.3 Å². The topological polar surface area (TPSA) is 147 Å². The second-order valence-electron chi connectivity index (χ2n) is 12.2. The number of ether oxygens (including phenoxy) is 2. The quantitative estimate of drug-likeness (QED) is 0.358. The average molecular weight is 817 g/mol. The Morgan fingerprint density at radius 3 is 2.48 bits per heavy atom. The monoisotopic (exact) mass is 816 g/mol. The van der Waals surface area contributed by atoms with Crippen LogP contribution in [0.1, 0.15) is 71.3 Å². The summed E-state index contributed by atoms with van der Waals surface area (Å²) in [5.41, 5.74) is 5.69. The summed E-state index contributed by atoms with van der Waals surface area (Å²) in [4.78, 5) is 29.5. The van der Waals surface area contributed by atoms with Gasteiger partial charge in [-0.15, -0.1) is 0 Å². The molecular formula is C32H39AcN5O6. The second kappa shape index (κ2) is 12.3. The van der Waals surface area contributed by atoms with E-state index in [2.05, 4.69) is 32.6 Å². The number of carbonyl (C=O) groups is 2. The smallest absolute Gasteiger partial charge is 0.242 e. The van der Waals surface area contributed by atoms with E-state index in [1.165, 1.54) is 0 Å². The van der Waals surface area contributed by atoms with Gasteiger partial charge in [-0.1, -0.05) is 13.0 Å². The van der Waals surface area contributed by atoms with E-state index in [9.17, 15) is 25.1 Å². The molecule has 11 nitrogen and oxygen atoms in total. The van der Waals surface area contributed by atoms with Gasteiger partial charge in [0.05, 0.1) is 18.2 Å². The number of hydrogen-bond donors (Lipinski definition) is 4. The van der Waals surface area contributed by atoms with Crippen molar-refractivity contribution in [2.75, 3.05) is 20.4 Å². The number of piperazine rings is 1. The Balaban J connectivity index is 0.00000384. The van der Waals surface area contributed by atoms with Crippen LogP contribution in [0.15, 0.2) is 6.07 Å². The van der Waals surface area contributed by atoms with Gasteiger partial charge in [0, 0.05) is 91.4 Å². The van der Waals surface area contributed by atoms with Crippen LogP contribution < -0.4 is 20.1 Å². The molecule has 2 aromatic carbocycles. The first-order valence-corrected chi connectivity index (χ1v) is 14.9. The molecule has 0 aliphatic carbocycles. The zero-order valence-corrected chi connectivity index (χ0v) is 30.8. The number of aryl methyl sites for hydroxylation is 1. The summed E-state index contributed by atoms with van der Waals surface area (Å²) in [5.74, 6) is 0.778. The molecule has 1 unspecified atom stereocenters. The maximum Gasteiger partial charge on any atom is 0.242 e. The van der Waals surface area contributed by atoms with Crippen molar-refractivity contribution >= 4 is 11.8 Å². The van der Waals surface area contributed by atoms with E-state index in [4.69, 9.17) is 9.47 Å². The number of likely N-dealkylation sites (N-methyl/N-ethyl adjacent to an activating group) is 1. The van der Waals surface area contributed by atoms with Crippen LogP contribution in [0.5, 0.6) is 23.0 Å². The second-order valence-corrected chi connectivity index (χ2v) is 12.2. The van der Waals surface area contributed by atoms with E-state index >= 15 is 0 Å². The van der Waals surface area contributed by atoms with E-state index in [1.54, 1.807) is 20.8 Å². The number of phenolic OH excluding ortho intramolecular Hbond substituents is 2. The van der Waals surface area contributed by atoms with E-state index < -0.39 is 18.1 Å². The van der Waals surface area contributed by atoms with Gasteiger partial charge in [0.25, 0.3) is 0 Å². The number of hydrogen-bond acceptors (Lipinski definition) is 9. The standard InChI is InChI=1S/C32H39N5O6.Ac/c1-7-24(38)35-17(5)32(41)34-12-23-26-19(28(39)16(4)30-31(26)43-13-42-30)10-21-27-25-18(8-14(2)15(3)29(25)40)9-20(36(27)6)22(11-33)37(21)23;/h8,17,20-23,27,39-40H,7,9-10,12-13H2,1-6H3,(H,34,41)(H,35,38);/t17-,20-,21?,22-,23-,27-;/m0./s1. The van der Waals surface area contributed by atoms with E-state index in [0.717, 1.165) is 22.3 Å². The molecule has 0 aromatic heterocycles. The number of amides is 2. The Morgan fingerprint density at radius 2 is 1.80 bits per heavy atom. The first-order chi connectivity index (χ1) is 20.5. The molecule has 2 amide bonds. The zero-order chi connectivity index (χ0) is 30.9. The van der Waals surface area contributed by atoms with Crippen LogP contribution in [-0.4, -0.2) is 76.4 Å². The zero-order valence-electron chi connectivity index (χ0n) is 26.0. The number of fused-ring (bicyclic) bond motifs is 9. The summed E-state index contributed by atoms with van der Waals surface area (Å²) >= 11 is 0. The molecule has 44 heavy (non-hydrogen) atoms. The molecule has 1 fully saturated rings. The first-order valence-electron chi connectivity index (χ1n) is 14.9. The van der Waals surface area contributed by atoms with Gasteiger partial charge in [0.1, 0.15) is 23.6 Å². The molecule has 0 spiro atoms. The molecule has 2 bridgehead atoms. The number of phenols is 2. The van der Waals surface area contributed by atoms with E-state index in [0.29, 0.717) is 41.0 Å². The van der Waals surface area contributed by atoms with Crippen molar-refractivity contribution in [1.29, 1.82) is 5.26 Å². The van der Waals surface area contributed by atoms with Crippen molar-refractivity contribution in [3.8, 4) is 29.1 Å². The molecule has 2 aromatic rings. The number of benzene rings is 2. The van der Waals surface area contributed by atoms with Gasteiger partial charge in [-0.3, -0.25) is 19.4 Å². The summed E-state index contributed by atoms with van der Waals surface area (Å²) in [7, 11) is 2.00. The molecule has 6 atom stereocenters. The van der Waals surface area contributed by atoms with Crippen LogP contribution in [0.4, 0.5) is 0 Å². The minimum atomic E-state index is -0.753. The van der Waals surface area contributed by atoms with Crippen LogP contribution in [0.25, 0.3) is 0 Å². The fourth-order valence-electron chi connectivity index (χ4n) is 7.67. The largest absolute Gasteiger partial charge is 0.507 e. The minimum Gasteiger partial charge on any atom is -0.507 e. The Kier molecular flexibility index (Phi) is 9.19. The molecule has 231 valence electrons. The predicted molar refractivity (Wildman–Crippen MR) is 157 cm³/mol. The summed E-state index contributed by atoms with van der Waals surface area (Å²) in [6.45, 7) is 9.16. The van der Waals surface area contributed by atoms with Crippen LogP contribution in [0.3, 0.4) is 0 Å². The van der Waals surface area contributed by atoms with Crippen molar-refractivity contribution in [3.63, 3.8) is 0 Å². The average Bonchev–Trinajstić information content (AvgIpc) is 3.47. The van der Waals surface area contributed by atoms with Gasteiger partial charge in [-0.25, -0.2) is 0 Å².